The van der Waals surface area contributed by atoms with Crippen molar-refractivity contribution in [2.24, 2.45) is 0 Å². The smallest absolute Gasteiger partial charge is 0.237 e. The number of thioether (sulfide) groups is 1. The van der Waals surface area contributed by atoms with Crippen molar-refractivity contribution in [2.45, 2.75) is 43.6 Å². The Hall–Kier alpha value is -2.90. The molecule has 0 spiro atoms. The summed E-state index contributed by atoms with van der Waals surface area (Å²) in [6, 6.07) is 22.3. The van der Waals surface area contributed by atoms with Crippen molar-refractivity contribution in [3.05, 3.63) is 83.2 Å². The van der Waals surface area contributed by atoms with Crippen molar-refractivity contribution in [2.75, 3.05) is 5.32 Å². The quantitative estimate of drug-likeness (QED) is 0.312. The van der Waals surface area contributed by atoms with E-state index in [9.17, 15) is 4.79 Å². The molecule has 2 aromatic carbocycles. The topological polar surface area (TPSA) is 59.8 Å². The average molecular weight is 463 g/mol. The molecule has 1 atom stereocenters. The molecule has 4 aromatic rings. The molecule has 2 heterocycles. The number of anilines is 1. The van der Waals surface area contributed by atoms with Crippen LogP contribution >= 0.6 is 23.1 Å². The van der Waals surface area contributed by atoms with Crippen LogP contribution in [0.1, 0.15) is 37.8 Å². The van der Waals surface area contributed by atoms with Crippen molar-refractivity contribution in [3.63, 3.8) is 0 Å². The van der Waals surface area contributed by atoms with Crippen LogP contribution in [-0.4, -0.2) is 25.9 Å². The Kier molecular flexibility index (Phi) is 7.07. The van der Waals surface area contributed by atoms with Gasteiger partial charge in [-0.2, -0.15) is 0 Å². The van der Waals surface area contributed by atoms with Crippen molar-refractivity contribution in [1.82, 2.24) is 14.8 Å². The Bertz CT molecular complexity index is 1150. The Morgan fingerprint density at radius 3 is 2.41 bits per heavy atom. The highest BCUT2D eigenvalue weighted by Crippen LogP contribution is 2.30. The highest BCUT2D eigenvalue weighted by Gasteiger charge is 2.21. The van der Waals surface area contributed by atoms with Crippen LogP contribution in [0.4, 0.5) is 5.69 Å². The van der Waals surface area contributed by atoms with Gasteiger partial charge >= 0.3 is 0 Å². The molecule has 7 heteroatoms. The van der Waals surface area contributed by atoms with Crippen LogP contribution in [0.5, 0.6) is 0 Å². The predicted octanol–water partition coefficient (Wildman–Crippen LogP) is 6.30. The summed E-state index contributed by atoms with van der Waals surface area (Å²) in [6.45, 7) is 6.86. The maximum atomic E-state index is 12.9. The Balaban J connectivity index is 1.52. The third-order valence-corrected chi connectivity index (χ3v) is 7.08. The van der Waals surface area contributed by atoms with Gasteiger partial charge in [0.05, 0.1) is 16.7 Å². The zero-order valence-electron chi connectivity index (χ0n) is 18.4. The summed E-state index contributed by atoms with van der Waals surface area (Å²) in [5.74, 6) is 1.23. The molecule has 0 saturated carbocycles. The summed E-state index contributed by atoms with van der Waals surface area (Å²) in [5, 5.41) is 14.3. The summed E-state index contributed by atoms with van der Waals surface area (Å²) in [4.78, 5) is 13.9. The highest BCUT2D eigenvalue weighted by molar-refractivity contribution is 8.00. The molecule has 0 radical (unpaired) electrons. The van der Waals surface area contributed by atoms with Gasteiger partial charge in [0.15, 0.2) is 11.0 Å². The normalized spacial score (nSPS) is 12.1. The molecule has 0 fully saturated rings. The summed E-state index contributed by atoms with van der Waals surface area (Å²) >= 11 is 3.06. The summed E-state index contributed by atoms with van der Waals surface area (Å²) in [6.07, 6.45) is 0. The molecule has 0 bridgehead atoms. The lowest BCUT2D eigenvalue weighted by Gasteiger charge is -2.14. The van der Waals surface area contributed by atoms with Crippen LogP contribution in [0.2, 0.25) is 0 Å². The molecule has 0 aliphatic rings. The lowest BCUT2D eigenvalue weighted by molar-refractivity contribution is -0.115. The van der Waals surface area contributed by atoms with Gasteiger partial charge in [0.2, 0.25) is 5.91 Å². The molecule has 0 saturated heterocycles. The minimum absolute atomic E-state index is 0.0563. The Morgan fingerprint density at radius 1 is 1.00 bits per heavy atom. The minimum atomic E-state index is -0.324. The molecule has 4 rings (SSSR count). The first-order valence-electron chi connectivity index (χ1n) is 10.6. The van der Waals surface area contributed by atoms with Gasteiger partial charge in [-0.15, -0.1) is 21.5 Å². The van der Waals surface area contributed by atoms with Crippen LogP contribution < -0.4 is 5.32 Å². The van der Waals surface area contributed by atoms with Gasteiger partial charge in [0.1, 0.15) is 0 Å². The van der Waals surface area contributed by atoms with Gasteiger partial charge in [-0.05, 0) is 47.5 Å². The van der Waals surface area contributed by atoms with Crippen LogP contribution in [0.15, 0.2) is 77.3 Å². The van der Waals surface area contributed by atoms with E-state index in [1.807, 2.05) is 54.8 Å². The maximum absolute atomic E-state index is 12.9. The SMILES string of the molecule is CC(Sc1nnc(-c2cccs2)n1Cc1ccccc1)C(=O)Nc1ccc(C(C)C)cc1. The van der Waals surface area contributed by atoms with E-state index in [0.29, 0.717) is 12.5 Å². The van der Waals surface area contributed by atoms with Crippen LogP contribution in [0, 0.1) is 0 Å². The molecular formula is C25H26N4OS2. The molecule has 1 amide bonds. The lowest BCUT2D eigenvalue weighted by Crippen LogP contribution is -2.23. The molecule has 2 aromatic heterocycles. The molecular weight excluding hydrogens is 436 g/mol. The van der Waals surface area contributed by atoms with E-state index in [1.165, 1.54) is 17.3 Å². The van der Waals surface area contributed by atoms with Gasteiger partial charge in [-0.1, -0.05) is 74.1 Å². The number of thiophene rings is 1. The molecule has 1 unspecified atom stereocenters. The van der Waals surface area contributed by atoms with Gasteiger partial charge in [-0.25, -0.2) is 0 Å². The number of nitrogens with one attached hydrogen (secondary N) is 1. The standard InChI is InChI=1S/C25H26N4OS2/c1-17(2)20-11-13-21(14-12-20)26-24(30)18(3)32-25-28-27-23(22-10-7-15-31-22)29(25)16-19-8-5-4-6-9-19/h4-15,17-18H,16H2,1-3H3,(H,26,30). The molecule has 0 aliphatic carbocycles. The Morgan fingerprint density at radius 2 is 1.75 bits per heavy atom. The zero-order chi connectivity index (χ0) is 22.5. The van der Waals surface area contributed by atoms with E-state index < -0.39 is 0 Å². The van der Waals surface area contributed by atoms with Gasteiger partial charge in [-0.3, -0.25) is 9.36 Å². The molecule has 0 aliphatic heterocycles. The number of aromatic nitrogens is 3. The second kappa shape index (κ2) is 10.1. The monoisotopic (exact) mass is 462 g/mol. The van der Waals surface area contributed by atoms with Crippen molar-refractivity contribution < 1.29 is 4.79 Å². The van der Waals surface area contributed by atoms with Gasteiger partial charge in [0.25, 0.3) is 0 Å². The third-order valence-electron chi connectivity index (χ3n) is 5.14. The third kappa shape index (κ3) is 5.29. The fourth-order valence-electron chi connectivity index (χ4n) is 3.28. The van der Waals surface area contributed by atoms with E-state index in [0.717, 1.165) is 27.1 Å². The van der Waals surface area contributed by atoms with E-state index in [2.05, 4.69) is 58.2 Å². The van der Waals surface area contributed by atoms with E-state index in [1.54, 1.807) is 11.3 Å². The molecule has 5 nitrogen and oxygen atoms in total. The lowest BCUT2D eigenvalue weighted by atomic mass is 10.0. The Labute approximate surface area is 196 Å². The summed E-state index contributed by atoms with van der Waals surface area (Å²) in [5.41, 5.74) is 3.21. The number of amides is 1. The number of hydrogen-bond donors (Lipinski definition) is 1. The number of hydrogen-bond acceptors (Lipinski definition) is 5. The number of rotatable bonds is 8. The largest absolute Gasteiger partial charge is 0.325 e. The molecule has 32 heavy (non-hydrogen) atoms. The maximum Gasteiger partial charge on any atom is 0.237 e. The van der Waals surface area contributed by atoms with E-state index in [-0.39, 0.29) is 11.2 Å². The van der Waals surface area contributed by atoms with Crippen molar-refractivity contribution in [3.8, 4) is 10.7 Å². The predicted molar refractivity (Wildman–Crippen MR) is 133 cm³/mol. The second-order valence-electron chi connectivity index (χ2n) is 7.88. The first-order chi connectivity index (χ1) is 15.5. The van der Waals surface area contributed by atoms with Gasteiger partial charge in [0, 0.05) is 5.69 Å². The summed E-state index contributed by atoms with van der Waals surface area (Å²) < 4.78 is 2.09. The zero-order valence-corrected chi connectivity index (χ0v) is 20.0. The summed E-state index contributed by atoms with van der Waals surface area (Å²) in [7, 11) is 0. The first-order valence-corrected chi connectivity index (χ1v) is 12.4. The molecule has 164 valence electrons. The van der Waals surface area contributed by atoms with E-state index in [4.69, 9.17) is 0 Å². The average Bonchev–Trinajstić information content (AvgIpc) is 3.45. The van der Waals surface area contributed by atoms with Crippen molar-refractivity contribution in [1.29, 1.82) is 0 Å². The first kappa shape index (κ1) is 22.3. The minimum Gasteiger partial charge on any atom is -0.325 e. The fraction of sp³-hybridized carbons (Fsp3) is 0.240. The van der Waals surface area contributed by atoms with Crippen LogP contribution in [-0.2, 0) is 11.3 Å². The van der Waals surface area contributed by atoms with Crippen LogP contribution in [0.25, 0.3) is 10.7 Å². The fourth-order valence-corrected chi connectivity index (χ4v) is 4.85. The van der Waals surface area contributed by atoms with Crippen molar-refractivity contribution >= 4 is 34.7 Å². The van der Waals surface area contributed by atoms with Crippen LogP contribution in [0.3, 0.4) is 0 Å². The molecule has 1 N–H and O–H groups in total. The number of carbonyl (C=O) groups excluding carboxylic acids is 1. The number of carbonyl (C=O) groups is 1. The number of nitrogens with zero attached hydrogens (tertiary/aromatic N) is 3. The van der Waals surface area contributed by atoms with E-state index >= 15 is 0 Å². The highest BCUT2D eigenvalue weighted by atomic mass is 32.2. The number of benzene rings is 2. The van der Waals surface area contributed by atoms with Gasteiger partial charge < -0.3 is 5.32 Å². The second-order valence-corrected chi connectivity index (χ2v) is 10.1.